The van der Waals surface area contributed by atoms with Gasteiger partial charge in [-0.3, -0.25) is 9.59 Å². The molecule has 0 spiro atoms. The van der Waals surface area contributed by atoms with Crippen molar-refractivity contribution in [3.63, 3.8) is 0 Å². The number of nitrogens with one attached hydrogen (secondary N) is 2. The van der Waals surface area contributed by atoms with Gasteiger partial charge in [-0.1, -0.05) is 43.6 Å². The van der Waals surface area contributed by atoms with Gasteiger partial charge in [0.1, 0.15) is 0 Å². The summed E-state index contributed by atoms with van der Waals surface area (Å²) in [6.07, 6.45) is 0.446. The molecule has 0 saturated carbocycles. The second kappa shape index (κ2) is 9.20. The Balaban J connectivity index is 1.77. The van der Waals surface area contributed by atoms with E-state index in [1.165, 1.54) is 0 Å². The van der Waals surface area contributed by atoms with Gasteiger partial charge in [0, 0.05) is 50.6 Å². The summed E-state index contributed by atoms with van der Waals surface area (Å²) in [6, 6.07) is 7.68. The maximum atomic E-state index is 12.1. The van der Waals surface area contributed by atoms with Crippen molar-refractivity contribution >= 4 is 23.4 Å². The van der Waals surface area contributed by atoms with E-state index in [0.29, 0.717) is 36.4 Å². The molecule has 0 bridgehead atoms. The average Bonchev–Trinajstić information content (AvgIpc) is 2.94. The Kier molecular flexibility index (Phi) is 7.26. The number of benzene rings is 1. The average molecular weight is 366 g/mol. The van der Waals surface area contributed by atoms with Gasteiger partial charge >= 0.3 is 0 Å². The summed E-state index contributed by atoms with van der Waals surface area (Å²) in [4.78, 5) is 25.8. The molecule has 6 heteroatoms. The summed E-state index contributed by atoms with van der Waals surface area (Å²) < 4.78 is 0. The fraction of sp³-hybridized carbons (Fsp3) is 0.579. The van der Waals surface area contributed by atoms with E-state index in [9.17, 15) is 9.59 Å². The zero-order valence-corrected chi connectivity index (χ0v) is 16.0. The fourth-order valence-corrected chi connectivity index (χ4v) is 3.57. The predicted octanol–water partition coefficient (Wildman–Crippen LogP) is 2.44. The smallest absolute Gasteiger partial charge is 0.221 e. The van der Waals surface area contributed by atoms with Crippen LogP contribution in [0.25, 0.3) is 0 Å². The monoisotopic (exact) mass is 365 g/mol. The number of carbonyl (C=O) groups is 2. The third-order valence-corrected chi connectivity index (χ3v) is 5.14. The minimum absolute atomic E-state index is 0.00924. The quantitative estimate of drug-likeness (QED) is 0.780. The van der Waals surface area contributed by atoms with Crippen LogP contribution in [-0.2, 0) is 16.1 Å². The van der Waals surface area contributed by atoms with Gasteiger partial charge in [-0.2, -0.15) is 0 Å². The molecule has 2 atom stereocenters. The van der Waals surface area contributed by atoms with Crippen LogP contribution in [0.3, 0.4) is 0 Å². The highest BCUT2D eigenvalue weighted by Crippen LogP contribution is 2.24. The lowest BCUT2D eigenvalue weighted by molar-refractivity contribution is -0.122. The molecule has 1 aromatic rings. The van der Waals surface area contributed by atoms with Crippen molar-refractivity contribution in [2.24, 2.45) is 11.8 Å². The SMILES string of the molecule is CC(=O)N[C@@H]1CN(CCC(=O)NCc2ccccc2Cl)C[C@H]1C(C)C. The van der Waals surface area contributed by atoms with Gasteiger partial charge in [-0.05, 0) is 23.5 Å². The number of halogens is 1. The molecule has 1 heterocycles. The molecule has 1 fully saturated rings. The van der Waals surface area contributed by atoms with Crippen molar-refractivity contribution in [2.75, 3.05) is 19.6 Å². The molecule has 1 aliphatic rings. The van der Waals surface area contributed by atoms with Gasteiger partial charge in [-0.25, -0.2) is 0 Å². The molecule has 2 amide bonds. The first-order valence-electron chi connectivity index (χ1n) is 8.86. The fourth-order valence-electron chi connectivity index (χ4n) is 3.37. The van der Waals surface area contributed by atoms with Gasteiger partial charge in [0.05, 0.1) is 0 Å². The van der Waals surface area contributed by atoms with Crippen molar-refractivity contribution in [1.29, 1.82) is 0 Å². The zero-order chi connectivity index (χ0) is 18.4. The molecule has 1 aromatic carbocycles. The second-order valence-corrected chi connectivity index (χ2v) is 7.50. The van der Waals surface area contributed by atoms with Gasteiger partial charge < -0.3 is 15.5 Å². The van der Waals surface area contributed by atoms with Crippen molar-refractivity contribution in [2.45, 2.75) is 39.8 Å². The van der Waals surface area contributed by atoms with Crippen LogP contribution in [0.1, 0.15) is 32.8 Å². The molecule has 138 valence electrons. The minimum atomic E-state index is 0.00924. The molecule has 1 saturated heterocycles. The van der Waals surface area contributed by atoms with Crippen molar-refractivity contribution < 1.29 is 9.59 Å². The Bertz CT molecular complexity index is 606. The minimum Gasteiger partial charge on any atom is -0.352 e. The van der Waals surface area contributed by atoms with Crippen LogP contribution in [0, 0.1) is 11.8 Å². The first kappa shape index (κ1) is 19.7. The molecular formula is C19H28ClN3O2. The highest BCUT2D eigenvalue weighted by atomic mass is 35.5. The third kappa shape index (κ3) is 6.01. The molecule has 2 N–H and O–H groups in total. The number of hydrogen-bond acceptors (Lipinski definition) is 3. The Morgan fingerprint density at radius 2 is 2.00 bits per heavy atom. The van der Waals surface area contributed by atoms with Crippen LogP contribution in [0.15, 0.2) is 24.3 Å². The normalized spacial score (nSPS) is 20.7. The van der Waals surface area contributed by atoms with Crippen LogP contribution >= 0.6 is 11.6 Å². The zero-order valence-electron chi connectivity index (χ0n) is 15.2. The van der Waals surface area contributed by atoms with Crippen molar-refractivity contribution in [3.8, 4) is 0 Å². The van der Waals surface area contributed by atoms with E-state index in [-0.39, 0.29) is 17.9 Å². The lowest BCUT2D eigenvalue weighted by atomic mass is 9.91. The van der Waals surface area contributed by atoms with E-state index in [4.69, 9.17) is 11.6 Å². The van der Waals surface area contributed by atoms with Gasteiger partial charge in [0.15, 0.2) is 0 Å². The summed E-state index contributed by atoms with van der Waals surface area (Å²) in [5, 5.41) is 6.64. The number of hydrogen-bond donors (Lipinski definition) is 2. The number of nitrogens with zero attached hydrogens (tertiary/aromatic N) is 1. The first-order chi connectivity index (χ1) is 11.9. The summed E-state index contributed by atoms with van der Waals surface area (Å²) in [5.41, 5.74) is 0.921. The van der Waals surface area contributed by atoms with E-state index < -0.39 is 0 Å². The van der Waals surface area contributed by atoms with Crippen molar-refractivity contribution in [3.05, 3.63) is 34.9 Å². The number of amides is 2. The van der Waals surface area contributed by atoms with Crippen molar-refractivity contribution in [1.82, 2.24) is 15.5 Å². The Morgan fingerprint density at radius 1 is 1.28 bits per heavy atom. The summed E-state index contributed by atoms with van der Waals surface area (Å²) in [6.45, 7) is 8.79. The number of carbonyl (C=O) groups excluding carboxylic acids is 2. The van der Waals surface area contributed by atoms with E-state index in [1.807, 2.05) is 24.3 Å². The highest BCUT2D eigenvalue weighted by molar-refractivity contribution is 6.31. The van der Waals surface area contributed by atoms with Crippen LogP contribution < -0.4 is 10.6 Å². The molecule has 0 aromatic heterocycles. The van der Waals surface area contributed by atoms with Gasteiger partial charge in [-0.15, -0.1) is 0 Å². The van der Waals surface area contributed by atoms with E-state index in [2.05, 4.69) is 29.4 Å². The van der Waals surface area contributed by atoms with Gasteiger partial charge in [0.25, 0.3) is 0 Å². The molecule has 0 aliphatic carbocycles. The van der Waals surface area contributed by atoms with Gasteiger partial charge in [0.2, 0.25) is 11.8 Å². The largest absolute Gasteiger partial charge is 0.352 e. The standard InChI is InChI=1S/C19H28ClN3O2/c1-13(2)16-11-23(12-18(16)22-14(3)24)9-8-19(25)21-10-15-6-4-5-7-17(15)20/h4-7,13,16,18H,8-12H2,1-3H3,(H,21,25)(H,22,24)/t16-,18+/m0/s1. The van der Waals surface area contributed by atoms with E-state index in [0.717, 1.165) is 18.7 Å². The first-order valence-corrected chi connectivity index (χ1v) is 9.24. The van der Waals surface area contributed by atoms with E-state index >= 15 is 0 Å². The maximum Gasteiger partial charge on any atom is 0.221 e. The highest BCUT2D eigenvalue weighted by Gasteiger charge is 2.34. The van der Waals surface area contributed by atoms with E-state index in [1.54, 1.807) is 6.92 Å². The molecule has 2 rings (SSSR count). The molecule has 0 radical (unpaired) electrons. The lowest BCUT2D eigenvalue weighted by Gasteiger charge is -2.22. The van der Waals surface area contributed by atoms with Crippen LogP contribution in [0.5, 0.6) is 0 Å². The summed E-state index contributed by atoms with van der Waals surface area (Å²) in [7, 11) is 0. The third-order valence-electron chi connectivity index (χ3n) is 4.77. The summed E-state index contributed by atoms with van der Waals surface area (Å²) in [5.74, 6) is 0.949. The Hall–Kier alpha value is -1.59. The predicted molar refractivity (Wildman–Crippen MR) is 100 cm³/mol. The molecule has 25 heavy (non-hydrogen) atoms. The Morgan fingerprint density at radius 3 is 2.64 bits per heavy atom. The van der Waals surface area contributed by atoms with Crippen LogP contribution in [0.4, 0.5) is 0 Å². The second-order valence-electron chi connectivity index (χ2n) is 7.09. The molecule has 1 aliphatic heterocycles. The maximum absolute atomic E-state index is 12.1. The van der Waals surface area contributed by atoms with Crippen LogP contribution in [0.2, 0.25) is 5.02 Å². The molecule has 5 nitrogen and oxygen atoms in total. The van der Waals surface area contributed by atoms with Crippen LogP contribution in [-0.4, -0.2) is 42.4 Å². The topological polar surface area (TPSA) is 61.4 Å². The summed E-state index contributed by atoms with van der Waals surface area (Å²) >= 11 is 6.10. The number of likely N-dealkylation sites (tertiary alicyclic amines) is 1. The number of rotatable bonds is 7. The molecule has 0 unspecified atom stereocenters. The molecular weight excluding hydrogens is 338 g/mol. The Labute approximate surface area is 155 Å². The lowest BCUT2D eigenvalue weighted by Crippen LogP contribution is -2.41.